The molecule has 0 heterocycles. The second-order valence-electron chi connectivity index (χ2n) is 3.57. The van der Waals surface area contributed by atoms with Crippen LogP contribution in [0, 0.1) is 12.8 Å². The SMILES string of the molecule is [CH2]c1cc(Br)cc(CC(C)C)c1. The number of hydrogen-bond donors (Lipinski definition) is 0. The third kappa shape index (κ3) is 2.98. The minimum Gasteiger partial charge on any atom is -0.0625 e. The lowest BCUT2D eigenvalue weighted by Crippen LogP contribution is -1.94. The molecule has 0 aliphatic carbocycles. The van der Waals surface area contributed by atoms with Crippen LogP contribution in [0.1, 0.15) is 25.0 Å². The van der Waals surface area contributed by atoms with E-state index in [1.807, 2.05) is 6.07 Å². The summed E-state index contributed by atoms with van der Waals surface area (Å²) < 4.78 is 1.13. The Kier molecular flexibility index (Phi) is 3.33. The van der Waals surface area contributed by atoms with E-state index in [4.69, 9.17) is 0 Å². The zero-order valence-electron chi connectivity index (χ0n) is 7.60. The second kappa shape index (κ2) is 4.08. The molecule has 0 aliphatic rings. The van der Waals surface area contributed by atoms with Gasteiger partial charge in [-0.25, -0.2) is 0 Å². The minimum atomic E-state index is 0.707. The molecular formula is C11H14Br. The Morgan fingerprint density at radius 1 is 1.33 bits per heavy atom. The van der Waals surface area contributed by atoms with Crippen LogP contribution in [0.15, 0.2) is 22.7 Å². The maximum Gasteiger partial charge on any atom is 0.0180 e. The quantitative estimate of drug-likeness (QED) is 0.718. The van der Waals surface area contributed by atoms with Gasteiger partial charge in [0.1, 0.15) is 0 Å². The monoisotopic (exact) mass is 225 g/mol. The van der Waals surface area contributed by atoms with Crippen LogP contribution in [0.2, 0.25) is 0 Å². The van der Waals surface area contributed by atoms with Gasteiger partial charge in [-0.2, -0.15) is 0 Å². The van der Waals surface area contributed by atoms with Crippen molar-refractivity contribution < 1.29 is 0 Å². The second-order valence-corrected chi connectivity index (χ2v) is 4.48. The van der Waals surface area contributed by atoms with Crippen LogP contribution in [-0.4, -0.2) is 0 Å². The average Bonchev–Trinajstić information content (AvgIpc) is 1.81. The molecule has 0 fully saturated rings. The lowest BCUT2D eigenvalue weighted by molar-refractivity contribution is 0.647. The number of rotatable bonds is 2. The Labute approximate surface area is 83.1 Å². The maximum absolute atomic E-state index is 3.92. The van der Waals surface area contributed by atoms with Crippen molar-refractivity contribution in [2.75, 3.05) is 0 Å². The first-order chi connectivity index (χ1) is 5.58. The molecule has 1 heteroatoms. The van der Waals surface area contributed by atoms with Gasteiger partial charge in [0.25, 0.3) is 0 Å². The van der Waals surface area contributed by atoms with Gasteiger partial charge in [-0.1, -0.05) is 35.8 Å². The lowest BCUT2D eigenvalue weighted by Gasteiger charge is -2.06. The smallest absolute Gasteiger partial charge is 0.0180 e. The van der Waals surface area contributed by atoms with E-state index in [9.17, 15) is 0 Å². The Bertz CT molecular complexity index is 243. The highest BCUT2D eigenvalue weighted by Crippen LogP contribution is 2.17. The molecule has 0 bridgehead atoms. The Hall–Kier alpha value is -0.300. The van der Waals surface area contributed by atoms with Gasteiger partial charge in [-0.15, -0.1) is 0 Å². The fourth-order valence-corrected chi connectivity index (χ4v) is 1.89. The summed E-state index contributed by atoms with van der Waals surface area (Å²) in [6.07, 6.45) is 1.13. The van der Waals surface area contributed by atoms with Crippen molar-refractivity contribution in [1.82, 2.24) is 0 Å². The summed E-state index contributed by atoms with van der Waals surface area (Å²) in [5.74, 6) is 0.707. The van der Waals surface area contributed by atoms with Gasteiger partial charge < -0.3 is 0 Å². The van der Waals surface area contributed by atoms with Crippen LogP contribution in [0.3, 0.4) is 0 Å². The molecule has 65 valence electrons. The van der Waals surface area contributed by atoms with Gasteiger partial charge >= 0.3 is 0 Å². The molecule has 0 aliphatic heterocycles. The molecule has 1 rings (SSSR count). The van der Waals surface area contributed by atoms with Crippen LogP contribution in [0.4, 0.5) is 0 Å². The summed E-state index contributed by atoms with van der Waals surface area (Å²) in [4.78, 5) is 0. The highest BCUT2D eigenvalue weighted by Gasteiger charge is 1.99. The molecule has 0 spiro atoms. The molecule has 0 N–H and O–H groups in total. The first-order valence-corrected chi connectivity index (χ1v) is 4.98. The van der Waals surface area contributed by atoms with Crippen LogP contribution in [-0.2, 0) is 6.42 Å². The Morgan fingerprint density at radius 2 is 2.00 bits per heavy atom. The van der Waals surface area contributed by atoms with Gasteiger partial charge in [0.2, 0.25) is 0 Å². The van der Waals surface area contributed by atoms with E-state index in [-0.39, 0.29) is 0 Å². The van der Waals surface area contributed by atoms with Gasteiger partial charge in [0, 0.05) is 4.47 Å². The van der Waals surface area contributed by atoms with Crippen LogP contribution in [0.5, 0.6) is 0 Å². The van der Waals surface area contributed by atoms with Crippen molar-refractivity contribution in [1.29, 1.82) is 0 Å². The fraction of sp³-hybridized carbons (Fsp3) is 0.364. The standard InChI is InChI=1S/C11H14Br/c1-8(2)4-10-5-9(3)6-11(12)7-10/h5-8H,3-4H2,1-2H3. The molecule has 0 saturated carbocycles. The van der Waals surface area contributed by atoms with Gasteiger partial charge in [-0.05, 0) is 42.5 Å². The van der Waals surface area contributed by atoms with Crippen LogP contribution in [0.25, 0.3) is 0 Å². The number of hydrogen-bond acceptors (Lipinski definition) is 0. The molecular weight excluding hydrogens is 212 g/mol. The number of benzene rings is 1. The third-order valence-electron chi connectivity index (χ3n) is 1.66. The zero-order valence-corrected chi connectivity index (χ0v) is 9.19. The highest BCUT2D eigenvalue weighted by molar-refractivity contribution is 9.10. The van der Waals surface area contributed by atoms with Crippen molar-refractivity contribution in [3.05, 3.63) is 40.7 Å². The highest BCUT2D eigenvalue weighted by atomic mass is 79.9. The van der Waals surface area contributed by atoms with Gasteiger partial charge in [-0.3, -0.25) is 0 Å². The average molecular weight is 226 g/mol. The van der Waals surface area contributed by atoms with E-state index in [1.165, 1.54) is 5.56 Å². The molecule has 1 radical (unpaired) electrons. The molecule has 1 aromatic rings. The Balaban J connectivity index is 2.85. The van der Waals surface area contributed by atoms with Gasteiger partial charge in [0.05, 0.1) is 0 Å². The first-order valence-electron chi connectivity index (χ1n) is 4.19. The zero-order chi connectivity index (χ0) is 9.14. The van der Waals surface area contributed by atoms with E-state index in [1.54, 1.807) is 0 Å². The molecule has 0 amide bonds. The van der Waals surface area contributed by atoms with Crippen molar-refractivity contribution in [3.63, 3.8) is 0 Å². The summed E-state index contributed by atoms with van der Waals surface area (Å²) in [6.45, 7) is 8.37. The predicted molar refractivity (Wildman–Crippen MR) is 57.1 cm³/mol. The minimum absolute atomic E-state index is 0.707. The first kappa shape index (κ1) is 9.79. The van der Waals surface area contributed by atoms with Crippen molar-refractivity contribution in [2.24, 2.45) is 5.92 Å². The van der Waals surface area contributed by atoms with Crippen LogP contribution >= 0.6 is 15.9 Å². The van der Waals surface area contributed by atoms with Crippen molar-refractivity contribution in [2.45, 2.75) is 20.3 Å². The summed E-state index contributed by atoms with van der Waals surface area (Å²) in [5, 5.41) is 0. The molecule has 0 nitrogen and oxygen atoms in total. The third-order valence-corrected chi connectivity index (χ3v) is 2.12. The molecule has 12 heavy (non-hydrogen) atoms. The van der Waals surface area contributed by atoms with Gasteiger partial charge in [0.15, 0.2) is 0 Å². The van der Waals surface area contributed by atoms with Crippen LogP contribution < -0.4 is 0 Å². The summed E-state index contributed by atoms with van der Waals surface area (Å²) in [5.41, 5.74) is 2.45. The van der Waals surface area contributed by atoms with Crippen molar-refractivity contribution in [3.8, 4) is 0 Å². The van der Waals surface area contributed by atoms with Crippen molar-refractivity contribution >= 4 is 15.9 Å². The molecule has 1 aromatic carbocycles. The normalized spacial score (nSPS) is 10.8. The maximum atomic E-state index is 3.92. The molecule has 0 aromatic heterocycles. The topological polar surface area (TPSA) is 0 Å². The molecule has 0 unspecified atom stereocenters. The fourth-order valence-electron chi connectivity index (χ4n) is 1.31. The lowest BCUT2D eigenvalue weighted by atomic mass is 10.0. The summed E-state index contributed by atoms with van der Waals surface area (Å²) in [6, 6.07) is 6.34. The predicted octanol–water partition coefficient (Wildman–Crippen LogP) is 3.83. The van der Waals surface area contributed by atoms with E-state index in [2.05, 4.69) is 48.8 Å². The summed E-state index contributed by atoms with van der Waals surface area (Å²) in [7, 11) is 0. The van der Waals surface area contributed by atoms with E-state index >= 15 is 0 Å². The number of halogens is 1. The largest absolute Gasteiger partial charge is 0.0625 e. The Morgan fingerprint density at radius 3 is 2.50 bits per heavy atom. The summed E-state index contributed by atoms with van der Waals surface area (Å²) >= 11 is 3.46. The van der Waals surface area contributed by atoms with E-state index < -0.39 is 0 Å². The van der Waals surface area contributed by atoms with E-state index in [0.29, 0.717) is 5.92 Å². The van der Waals surface area contributed by atoms with E-state index in [0.717, 1.165) is 16.5 Å². The molecule has 0 atom stereocenters. The molecule has 0 saturated heterocycles.